The normalized spacial score (nSPS) is 16.9. The predicted molar refractivity (Wildman–Crippen MR) is 151 cm³/mol. The minimum atomic E-state index is -3.85. The predicted octanol–water partition coefficient (Wildman–Crippen LogP) is 2.79. The van der Waals surface area contributed by atoms with E-state index in [-0.39, 0.29) is 31.3 Å². The second-order valence-corrected chi connectivity index (χ2v) is 11.8. The van der Waals surface area contributed by atoms with Crippen LogP contribution in [0.1, 0.15) is 52.1 Å². The molecule has 12 heteroatoms. The molecule has 0 saturated carbocycles. The maximum atomic E-state index is 14.0. The van der Waals surface area contributed by atoms with Crippen molar-refractivity contribution in [2.45, 2.75) is 25.8 Å². The Labute approximate surface area is 236 Å². The van der Waals surface area contributed by atoms with Gasteiger partial charge in [0.25, 0.3) is 11.8 Å². The molecule has 2 amide bonds. The van der Waals surface area contributed by atoms with Crippen molar-refractivity contribution in [3.63, 3.8) is 0 Å². The van der Waals surface area contributed by atoms with Crippen molar-refractivity contribution in [1.82, 2.24) is 14.1 Å². The quantitative estimate of drug-likeness (QED) is 0.279. The summed E-state index contributed by atoms with van der Waals surface area (Å²) in [5, 5.41) is 0. The maximum absolute atomic E-state index is 14.0. The molecule has 1 unspecified atom stereocenters. The highest BCUT2D eigenvalue weighted by molar-refractivity contribution is 7.84. The van der Waals surface area contributed by atoms with Crippen molar-refractivity contribution in [2.75, 3.05) is 72.5 Å². The van der Waals surface area contributed by atoms with Gasteiger partial charge in [0.1, 0.15) is 0 Å². The Hall–Kier alpha value is -3.19. The molecular formula is C28H38N4O7S. The van der Waals surface area contributed by atoms with Gasteiger partial charge in [0.15, 0.2) is 11.5 Å². The number of amides is 2. The van der Waals surface area contributed by atoms with Crippen LogP contribution in [0.3, 0.4) is 0 Å². The van der Waals surface area contributed by atoms with Crippen molar-refractivity contribution >= 4 is 27.8 Å². The van der Waals surface area contributed by atoms with Crippen LogP contribution in [0.2, 0.25) is 0 Å². The lowest BCUT2D eigenvalue weighted by Gasteiger charge is -2.36. The Morgan fingerprint density at radius 1 is 0.950 bits per heavy atom. The van der Waals surface area contributed by atoms with E-state index in [4.69, 9.17) is 13.7 Å². The third-order valence-electron chi connectivity index (χ3n) is 7.49. The number of hydrogen-bond acceptors (Lipinski definition) is 9. The van der Waals surface area contributed by atoms with E-state index in [0.717, 1.165) is 42.7 Å². The lowest BCUT2D eigenvalue weighted by atomic mass is 9.99. The largest absolute Gasteiger partial charge is 0.493 e. The van der Waals surface area contributed by atoms with Gasteiger partial charge in [-0.3, -0.25) is 18.7 Å². The Kier molecular flexibility index (Phi) is 9.34. The van der Waals surface area contributed by atoms with Gasteiger partial charge in [-0.15, -0.1) is 0 Å². The molecule has 1 atom stereocenters. The highest BCUT2D eigenvalue weighted by Crippen LogP contribution is 2.40. The Morgan fingerprint density at radius 2 is 1.65 bits per heavy atom. The van der Waals surface area contributed by atoms with Crippen LogP contribution in [0, 0.1) is 0 Å². The molecule has 0 radical (unpaired) electrons. The second-order valence-electron chi connectivity index (χ2n) is 9.94. The van der Waals surface area contributed by atoms with Crippen molar-refractivity contribution in [1.29, 1.82) is 0 Å². The SMILES string of the molecule is CCN1CCN(c2cccc3c2C(=O)N(C(CCCOS(=O)(=O)N(C)C)c2ccc(OC)c(OC)c2)C3=O)CC1. The van der Waals surface area contributed by atoms with Gasteiger partial charge in [0.05, 0.1) is 43.7 Å². The first-order valence-electron chi connectivity index (χ1n) is 13.4. The topological polar surface area (TPSA) is 109 Å². The molecule has 1 fully saturated rings. The number of piperazine rings is 1. The molecule has 1 saturated heterocycles. The number of rotatable bonds is 12. The fraction of sp³-hybridized carbons (Fsp3) is 0.500. The summed E-state index contributed by atoms with van der Waals surface area (Å²) in [6, 6.07) is 10.0. The summed E-state index contributed by atoms with van der Waals surface area (Å²) in [4.78, 5) is 33.7. The van der Waals surface area contributed by atoms with Gasteiger partial charge in [-0.1, -0.05) is 19.1 Å². The monoisotopic (exact) mass is 574 g/mol. The number of ether oxygens (including phenoxy) is 2. The highest BCUT2D eigenvalue weighted by atomic mass is 32.2. The Bertz CT molecular complexity index is 1340. The third-order valence-corrected chi connectivity index (χ3v) is 8.85. The molecule has 0 aromatic heterocycles. The summed E-state index contributed by atoms with van der Waals surface area (Å²) in [5.74, 6) is 0.231. The molecule has 2 aliphatic rings. The van der Waals surface area contributed by atoms with Crippen molar-refractivity contribution in [3.05, 3.63) is 53.1 Å². The molecular weight excluding hydrogens is 536 g/mol. The molecule has 2 aromatic carbocycles. The third kappa shape index (κ3) is 5.95. The van der Waals surface area contributed by atoms with Gasteiger partial charge >= 0.3 is 10.3 Å². The van der Waals surface area contributed by atoms with Crippen LogP contribution in [0.5, 0.6) is 11.5 Å². The number of anilines is 1. The zero-order valence-electron chi connectivity index (χ0n) is 23.8. The summed E-state index contributed by atoms with van der Waals surface area (Å²) < 4.78 is 41.1. The van der Waals surface area contributed by atoms with Gasteiger partial charge in [0.2, 0.25) is 0 Å². The van der Waals surface area contributed by atoms with E-state index < -0.39 is 16.3 Å². The average Bonchev–Trinajstić information content (AvgIpc) is 3.22. The molecule has 40 heavy (non-hydrogen) atoms. The van der Waals surface area contributed by atoms with Gasteiger partial charge in [-0.2, -0.15) is 12.7 Å². The second kappa shape index (κ2) is 12.5. The van der Waals surface area contributed by atoms with Crippen LogP contribution in [-0.4, -0.2) is 102 Å². The number of imide groups is 1. The minimum Gasteiger partial charge on any atom is -0.493 e. The molecule has 2 aromatic rings. The van der Waals surface area contributed by atoms with Gasteiger partial charge < -0.3 is 19.3 Å². The maximum Gasteiger partial charge on any atom is 0.337 e. The zero-order chi connectivity index (χ0) is 29.0. The summed E-state index contributed by atoms with van der Waals surface area (Å²) >= 11 is 0. The van der Waals surface area contributed by atoms with E-state index >= 15 is 0 Å². The lowest BCUT2D eigenvalue weighted by Crippen LogP contribution is -2.46. The number of nitrogens with zero attached hydrogens (tertiary/aromatic N) is 4. The first-order valence-corrected chi connectivity index (χ1v) is 14.8. The average molecular weight is 575 g/mol. The number of methoxy groups -OCH3 is 2. The van der Waals surface area contributed by atoms with E-state index in [2.05, 4.69) is 16.7 Å². The zero-order valence-corrected chi connectivity index (χ0v) is 24.6. The Morgan fingerprint density at radius 3 is 2.27 bits per heavy atom. The van der Waals surface area contributed by atoms with Gasteiger partial charge in [-0.05, 0) is 49.2 Å². The van der Waals surface area contributed by atoms with Crippen LogP contribution in [0.4, 0.5) is 5.69 Å². The van der Waals surface area contributed by atoms with Crippen LogP contribution in [-0.2, 0) is 14.5 Å². The summed E-state index contributed by atoms with van der Waals surface area (Å²) in [7, 11) is 1.98. The minimum absolute atomic E-state index is 0.0968. The standard InChI is InChI=1S/C28H38N4O7S/c1-6-30-14-16-31(17-15-30)23-10-7-9-21-26(23)28(34)32(27(21)33)22(11-8-18-39-40(35,36)29(2)3)20-12-13-24(37-4)25(19-20)38-5/h7,9-10,12-13,19,22H,6,8,11,14-18H2,1-5H3. The molecule has 2 aliphatic heterocycles. The Balaban J connectivity index is 1.66. The van der Waals surface area contributed by atoms with E-state index in [1.165, 1.54) is 33.2 Å². The number of carbonyl (C=O) groups excluding carboxylic acids is 2. The molecule has 2 heterocycles. The molecule has 0 aliphatic carbocycles. The van der Waals surface area contributed by atoms with Crippen LogP contribution >= 0.6 is 0 Å². The fourth-order valence-corrected chi connectivity index (χ4v) is 5.73. The molecule has 0 spiro atoms. The highest BCUT2D eigenvalue weighted by Gasteiger charge is 2.43. The molecule has 4 rings (SSSR count). The first-order chi connectivity index (χ1) is 19.1. The summed E-state index contributed by atoms with van der Waals surface area (Å²) in [6.07, 6.45) is 0.569. The molecule has 11 nitrogen and oxygen atoms in total. The number of benzene rings is 2. The number of fused-ring (bicyclic) bond motifs is 1. The molecule has 0 N–H and O–H groups in total. The lowest BCUT2D eigenvalue weighted by molar-refractivity contribution is 0.0567. The van der Waals surface area contributed by atoms with E-state index in [1.807, 2.05) is 12.1 Å². The summed E-state index contributed by atoms with van der Waals surface area (Å²) in [5.41, 5.74) is 2.22. The van der Waals surface area contributed by atoms with Crippen molar-refractivity contribution in [3.8, 4) is 11.5 Å². The number of likely N-dealkylation sites (N-methyl/N-ethyl adjacent to an activating group) is 1. The number of hydrogen-bond donors (Lipinski definition) is 0. The fourth-order valence-electron chi connectivity index (χ4n) is 5.19. The van der Waals surface area contributed by atoms with Crippen LogP contribution in [0.25, 0.3) is 0 Å². The van der Waals surface area contributed by atoms with Crippen LogP contribution in [0.15, 0.2) is 36.4 Å². The van der Waals surface area contributed by atoms with Crippen LogP contribution < -0.4 is 14.4 Å². The smallest absolute Gasteiger partial charge is 0.337 e. The van der Waals surface area contributed by atoms with Gasteiger partial charge in [-0.25, -0.2) is 0 Å². The summed E-state index contributed by atoms with van der Waals surface area (Å²) in [6.45, 7) is 6.31. The van der Waals surface area contributed by atoms with E-state index in [0.29, 0.717) is 28.2 Å². The molecule has 0 bridgehead atoms. The van der Waals surface area contributed by atoms with E-state index in [1.54, 1.807) is 24.3 Å². The number of carbonyl (C=O) groups is 2. The van der Waals surface area contributed by atoms with Crippen molar-refractivity contribution < 1.29 is 31.7 Å². The van der Waals surface area contributed by atoms with Crippen molar-refractivity contribution in [2.24, 2.45) is 0 Å². The molecule has 218 valence electrons. The van der Waals surface area contributed by atoms with E-state index in [9.17, 15) is 18.0 Å². The van der Waals surface area contributed by atoms with Gasteiger partial charge in [0, 0.05) is 40.3 Å². The first kappa shape index (κ1) is 29.8.